The number of rotatable bonds is 6. The average Bonchev–Trinajstić information content (AvgIpc) is 2.84. The first-order valence-electron chi connectivity index (χ1n) is 11.1. The summed E-state index contributed by atoms with van der Waals surface area (Å²) >= 11 is 0. The monoisotopic (exact) mass is 500 g/mol. The summed E-state index contributed by atoms with van der Waals surface area (Å²) in [5, 5.41) is 5.59. The van der Waals surface area contributed by atoms with Crippen LogP contribution >= 0.6 is 0 Å². The third kappa shape index (κ3) is 6.46. The zero-order chi connectivity index (χ0) is 25.7. The van der Waals surface area contributed by atoms with E-state index >= 15 is 0 Å². The van der Waals surface area contributed by atoms with Crippen molar-refractivity contribution in [3.05, 3.63) is 60.8 Å². The Morgan fingerprint density at radius 1 is 1.11 bits per heavy atom. The Kier molecular flexibility index (Phi) is 7.32. The average molecular weight is 500 g/mol. The Balaban J connectivity index is 1.57. The van der Waals surface area contributed by atoms with Gasteiger partial charge in [-0.2, -0.15) is 0 Å². The molecule has 36 heavy (non-hydrogen) atoms. The summed E-state index contributed by atoms with van der Waals surface area (Å²) < 4.78 is 40.9. The van der Waals surface area contributed by atoms with Gasteiger partial charge in [-0.1, -0.05) is 0 Å². The number of amides is 2. The highest BCUT2D eigenvalue weighted by molar-refractivity contribution is 6.05. The van der Waals surface area contributed by atoms with Crippen LogP contribution in [0.4, 0.5) is 24.7 Å². The molecule has 4 rings (SSSR count). The number of carbonyl (C=O) groups is 2. The lowest BCUT2D eigenvalue weighted by Crippen LogP contribution is -2.47. The van der Waals surface area contributed by atoms with E-state index in [9.17, 15) is 22.8 Å². The van der Waals surface area contributed by atoms with Gasteiger partial charge in [-0.05, 0) is 43.2 Å². The number of piperidine rings is 1. The molecular weight excluding hydrogens is 477 g/mol. The fourth-order valence-electron chi connectivity index (χ4n) is 4.00. The Morgan fingerprint density at radius 2 is 1.83 bits per heavy atom. The first-order valence-corrected chi connectivity index (χ1v) is 11.1. The molecule has 3 heterocycles. The summed E-state index contributed by atoms with van der Waals surface area (Å²) in [4.78, 5) is 39.2. The molecule has 2 amide bonds. The molecule has 1 aromatic carbocycles. The Bertz CT molecular complexity index is 1220. The molecule has 1 fully saturated rings. The number of anilines is 2. The molecule has 0 radical (unpaired) electrons. The first-order chi connectivity index (χ1) is 17.2. The van der Waals surface area contributed by atoms with Crippen LogP contribution in [0.25, 0.3) is 11.1 Å². The van der Waals surface area contributed by atoms with Crippen LogP contribution in [0.15, 0.2) is 55.2 Å². The lowest BCUT2D eigenvalue weighted by atomic mass is 10.0. The molecule has 1 saturated heterocycles. The van der Waals surface area contributed by atoms with E-state index in [1.165, 1.54) is 31.6 Å². The normalized spacial score (nSPS) is 15.8. The number of benzene rings is 1. The fourth-order valence-corrected chi connectivity index (χ4v) is 4.00. The van der Waals surface area contributed by atoms with Gasteiger partial charge in [-0.15, -0.1) is 13.2 Å². The molecule has 2 N–H and O–H groups in total. The highest BCUT2D eigenvalue weighted by Crippen LogP contribution is 2.31. The van der Waals surface area contributed by atoms with Crippen LogP contribution in [-0.2, 0) is 4.79 Å². The topological polar surface area (TPSA) is 109 Å². The van der Waals surface area contributed by atoms with Gasteiger partial charge in [0, 0.05) is 61.5 Å². The molecule has 1 aliphatic rings. The lowest BCUT2D eigenvalue weighted by molar-refractivity contribution is -0.274. The van der Waals surface area contributed by atoms with E-state index in [0.29, 0.717) is 23.5 Å². The van der Waals surface area contributed by atoms with Gasteiger partial charge in [-0.3, -0.25) is 9.59 Å². The maximum absolute atomic E-state index is 12.9. The van der Waals surface area contributed by atoms with Gasteiger partial charge in [0.15, 0.2) is 0 Å². The molecule has 9 nitrogen and oxygen atoms in total. The number of hydrogen-bond acceptors (Lipinski definition) is 7. The number of nitrogens with zero attached hydrogens (tertiary/aromatic N) is 4. The number of alkyl halides is 3. The number of pyridine rings is 1. The molecule has 1 aliphatic heterocycles. The van der Waals surface area contributed by atoms with Crippen molar-refractivity contribution in [1.29, 1.82) is 0 Å². The predicted molar refractivity (Wildman–Crippen MR) is 125 cm³/mol. The van der Waals surface area contributed by atoms with E-state index in [2.05, 4.69) is 30.3 Å². The molecule has 0 saturated carbocycles. The number of ether oxygens (including phenoxy) is 1. The Hall–Kier alpha value is -4.22. The van der Waals surface area contributed by atoms with Crippen molar-refractivity contribution in [2.24, 2.45) is 0 Å². The smallest absolute Gasteiger partial charge is 0.406 e. The summed E-state index contributed by atoms with van der Waals surface area (Å²) in [5.41, 5.74) is 1.83. The number of nitrogens with one attached hydrogen (secondary N) is 2. The van der Waals surface area contributed by atoms with E-state index in [1.807, 2.05) is 4.90 Å². The zero-order valence-electron chi connectivity index (χ0n) is 19.2. The largest absolute Gasteiger partial charge is 0.573 e. The summed E-state index contributed by atoms with van der Waals surface area (Å²) in [5.74, 6) is -0.357. The molecule has 0 spiro atoms. The second-order valence-corrected chi connectivity index (χ2v) is 8.23. The third-order valence-corrected chi connectivity index (χ3v) is 5.47. The van der Waals surface area contributed by atoms with Gasteiger partial charge < -0.3 is 20.3 Å². The van der Waals surface area contributed by atoms with E-state index in [1.54, 1.807) is 18.5 Å². The van der Waals surface area contributed by atoms with Gasteiger partial charge in [0.1, 0.15) is 17.9 Å². The maximum atomic E-state index is 12.9. The fraction of sp³-hybridized carbons (Fsp3) is 0.292. The Morgan fingerprint density at radius 3 is 2.50 bits per heavy atom. The van der Waals surface area contributed by atoms with Crippen molar-refractivity contribution in [3.63, 3.8) is 0 Å². The van der Waals surface area contributed by atoms with E-state index in [4.69, 9.17) is 0 Å². The molecule has 0 bridgehead atoms. The minimum atomic E-state index is -4.80. The minimum absolute atomic E-state index is 0.0230. The van der Waals surface area contributed by atoms with Crippen LogP contribution in [0.2, 0.25) is 0 Å². The molecular formula is C24H23F3N6O3. The van der Waals surface area contributed by atoms with Crippen molar-refractivity contribution >= 4 is 23.3 Å². The quantitative estimate of drug-likeness (QED) is 0.530. The van der Waals surface area contributed by atoms with Gasteiger partial charge in [-0.25, -0.2) is 15.0 Å². The van der Waals surface area contributed by atoms with Crippen molar-refractivity contribution in [2.45, 2.75) is 32.2 Å². The van der Waals surface area contributed by atoms with Crippen molar-refractivity contribution in [1.82, 2.24) is 20.3 Å². The standard InChI is InChI=1S/C24H23F3N6O3/c1-15(34)31-19-3-2-8-33(13-19)22-21(17-10-28-14-29-11-17)9-16(12-30-22)23(35)32-18-4-6-20(7-5-18)36-24(25,26)27/h4-7,9-12,14,19H,2-3,8,13H2,1H3,(H,31,34)(H,32,35). The predicted octanol–water partition coefficient (Wildman–Crippen LogP) is 3.79. The second kappa shape index (κ2) is 10.6. The van der Waals surface area contributed by atoms with Crippen LogP contribution < -0.4 is 20.3 Å². The molecule has 2 aromatic heterocycles. The van der Waals surface area contributed by atoms with Crippen molar-refractivity contribution < 1.29 is 27.5 Å². The van der Waals surface area contributed by atoms with Crippen LogP contribution in [0.3, 0.4) is 0 Å². The number of aromatic nitrogens is 3. The van der Waals surface area contributed by atoms with Gasteiger partial charge in [0.25, 0.3) is 5.91 Å². The van der Waals surface area contributed by atoms with E-state index < -0.39 is 18.0 Å². The summed E-state index contributed by atoms with van der Waals surface area (Å²) in [6, 6.07) is 6.48. The molecule has 188 valence electrons. The summed E-state index contributed by atoms with van der Waals surface area (Å²) in [7, 11) is 0. The van der Waals surface area contributed by atoms with Crippen LogP contribution in [0.1, 0.15) is 30.1 Å². The van der Waals surface area contributed by atoms with Gasteiger partial charge in [0.05, 0.1) is 5.56 Å². The van der Waals surface area contributed by atoms with Crippen LogP contribution in [0.5, 0.6) is 5.75 Å². The summed E-state index contributed by atoms with van der Waals surface area (Å²) in [6.07, 6.45) is 2.97. The van der Waals surface area contributed by atoms with Crippen molar-refractivity contribution in [2.75, 3.05) is 23.3 Å². The van der Waals surface area contributed by atoms with E-state index in [0.717, 1.165) is 31.5 Å². The first kappa shape index (κ1) is 24.9. The molecule has 1 unspecified atom stereocenters. The second-order valence-electron chi connectivity index (χ2n) is 8.23. The number of halogens is 3. The summed E-state index contributed by atoms with van der Waals surface area (Å²) in [6.45, 7) is 2.76. The van der Waals surface area contributed by atoms with Gasteiger partial charge >= 0.3 is 6.36 Å². The maximum Gasteiger partial charge on any atom is 0.573 e. The molecule has 12 heteroatoms. The zero-order valence-corrected chi connectivity index (χ0v) is 19.2. The van der Waals surface area contributed by atoms with Crippen LogP contribution in [-0.4, -0.2) is 52.3 Å². The number of hydrogen-bond donors (Lipinski definition) is 2. The SMILES string of the molecule is CC(=O)NC1CCCN(c2ncc(C(=O)Nc3ccc(OC(F)(F)F)cc3)cc2-c2cncnc2)C1. The lowest BCUT2D eigenvalue weighted by Gasteiger charge is -2.35. The Labute approximate surface area is 204 Å². The molecule has 0 aliphatic carbocycles. The third-order valence-electron chi connectivity index (χ3n) is 5.47. The van der Waals surface area contributed by atoms with Crippen LogP contribution in [0, 0.1) is 0 Å². The highest BCUT2D eigenvalue weighted by atomic mass is 19.4. The molecule has 1 atom stereocenters. The van der Waals surface area contributed by atoms with E-state index in [-0.39, 0.29) is 23.2 Å². The highest BCUT2D eigenvalue weighted by Gasteiger charge is 2.31. The number of carbonyl (C=O) groups excluding carboxylic acids is 2. The molecule has 3 aromatic rings. The van der Waals surface area contributed by atoms with Gasteiger partial charge in [0.2, 0.25) is 5.91 Å². The van der Waals surface area contributed by atoms with Crippen molar-refractivity contribution in [3.8, 4) is 16.9 Å². The minimum Gasteiger partial charge on any atom is -0.406 e.